The second kappa shape index (κ2) is 6.75. The zero-order valence-corrected chi connectivity index (χ0v) is 14.0. The van der Waals surface area contributed by atoms with Crippen molar-refractivity contribution in [3.63, 3.8) is 0 Å². The predicted molar refractivity (Wildman–Crippen MR) is 88.8 cm³/mol. The summed E-state index contributed by atoms with van der Waals surface area (Å²) in [6.45, 7) is 3.74. The Balaban J connectivity index is 2.56. The van der Waals surface area contributed by atoms with E-state index >= 15 is 0 Å². The minimum atomic E-state index is -3.71. The second-order valence-electron chi connectivity index (χ2n) is 4.65. The van der Waals surface area contributed by atoms with Gasteiger partial charge in [0.15, 0.2) is 11.5 Å². The van der Waals surface area contributed by atoms with Gasteiger partial charge in [-0.15, -0.1) is 0 Å². The molecule has 2 aromatic carbocycles. The van der Waals surface area contributed by atoms with Crippen LogP contribution in [0.15, 0.2) is 53.9 Å². The summed E-state index contributed by atoms with van der Waals surface area (Å²) in [5.74, 6) is 1.13. The molecule has 0 bridgehead atoms. The first kappa shape index (κ1) is 16.9. The van der Waals surface area contributed by atoms with Gasteiger partial charge in [-0.05, 0) is 24.3 Å². The lowest BCUT2D eigenvalue weighted by atomic mass is 10.2. The molecule has 0 saturated carbocycles. The number of benzene rings is 2. The fraction of sp³-hybridized carbons (Fsp3) is 0.176. The van der Waals surface area contributed by atoms with Crippen LogP contribution >= 0.6 is 0 Å². The highest BCUT2D eigenvalue weighted by molar-refractivity contribution is 8.00. The van der Waals surface area contributed by atoms with Gasteiger partial charge in [-0.3, -0.25) is 0 Å². The first-order valence-corrected chi connectivity index (χ1v) is 8.23. The fourth-order valence-corrected chi connectivity index (χ4v) is 3.37. The van der Waals surface area contributed by atoms with Gasteiger partial charge in [0.1, 0.15) is 0 Å². The number of hydrogen-bond acceptors (Lipinski definition) is 5. The van der Waals surface area contributed by atoms with Gasteiger partial charge in [-0.1, -0.05) is 24.8 Å². The average molecular weight is 334 g/mol. The normalized spacial score (nSPS) is 10.9. The van der Waals surface area contributed by atoms with Crippen LogP contribution in [0.5, 0.6) is 17.2 Å². The zero-order chi connectivity index (χ0) is 17.0. The number of ether oxygens (including phenoxy) is 3. The van der Waals surface area contributed by atoms with Crippen LogP contribution in [0.3, 0.4) is 0 Å². The molecule has 2 rings (SSSR count). The van der Waals surface area contributed by atoms with Crippen molar-refractivity contribution >= 4 is 14.7 Å². The summed E-state index contributed by atoms with van der Waals surface area (Å²) in [6.07, 6.45) is 0. The van der Waals surface area contributed by atoms with Gasteiger partial charge in [0.2, 0.25) is 15.6 Å². The van der Waals surface area contributed by atoms with Gasteiger partial charge in [0, 0.05) is 5.56 Å². The Bertz CT molecular complexity index is 785. The van der Waals surface area contributed by atoms with E-state index in [-0.39, 0.29) is 9.80 Å². The molecule has 0 spiro atoms. The minimum Gasteiger partial charge on any atom is -0.493 e. The largest absolute Gasteiger partial charge is 0.493 e. The first-order chi connectivity index (χ1) is 11.0. The molecule has 0 aliphatic rings. The summed E-state index contributed by atoms with van der Waals surface area (Å²) in [4.78, 5) is 0.140. The molecule has 0 fully saturated rings. The molecule has 2 aromatic rings. The lowest BCUT2D eigenvalue weighted by Gasteiger charge is -2.15. The van der Waals surface area contributed by atoms with E-state index in [0.717, 1.165) is 0 Å². The van der Waals surface area contributed by atoms with E-state index < -0.39 is 9.84 Å². The van der Waals surface area contributed by atoms with Gasteiger partial charge in [-0.2, -0.15) is 0 Å². The van der Waals surface area contributed by atoms with Crippen LogP contribution in [-0.2, 0) is 9.84 Å². The number of rotatable bonds is 6. The standard InChI is InChI=1S/C17H18O5S/c1-12(23(18,19)14-8-6-5-7-9-14)13-10-15(20-2)17(22-4)16(11-13)21-3/h5-11H,1H2,2-4H3. The van der Waals surface area contributed by atoms with Crippen LogP contribution in [0, 0.1) is 0 Å². The maximum Gasteiger partial charge on any atom is 0.206 e. The first-order valence-electron chi connectivity index (χ1n) is 6.75. The Hall–Kier alpha value is -2.47. The highest BCUT2D eigenvalue weighted by Gasteiger charge is 2.23. The van der Waals surface area contributed by atoms with E-state index in [0.29, 0.717) is 22.8 Å². The van der Waals surface area contributed by atoms with Crippen LogP contribution < -0.4 is 14.2 Å². The molecule has 0 amide bonds. The Morgan fingerprint density at radius 3 is 1.87 bits per heavy atom. The second-order valence-corrected chi connectivity index (χ2v) is 6.62. The van der Waals surface area contributed by atoms with Gasteiger partial charge >= 0.3 is 0 Å². The molecule has 0 atom stereocenters. The smallest absolute Gasteiger partial charge is 0.206 e. The van der Waals surface area contributed by atoms with Crippen molar-refractivity contribution in [1.82, 2.24) is 0 Å². The van der Waals surface area contributed by atoms with Crippen LogP contribution in [0.2, 0.25) is 0 Å². The van der Waals surface area contributed by atoms with Crippen molar-refractivity contribution in [3.05, 3.63) is 54.6 Å². The molecular formula is C17H18O5S. The average Bonchev–Trinajstić information content (AvgIpc) is 2.60. The highest BCUT2D eigenvalue weighted by atomic mass is 32.2. The lowest BCUT2D eigenvalue weighted by Crippen LogP contribution is -2.04. The van der Waals surface area contributed by atoms with Gasteiger partial charge < -0.3 is 14.2 Å². The van der Waals surface area contributed by atoms with E-state index in [1.807, 2.05) is 0 Å². The van der Waals surface area contributed by atoms with Crippen LogP contribution in [0.1, 0.15) is 5.56 Å². The molecule has 0 aliphatic carbocycles. The molecule has 0 N–H and O–H groups in total. The van der Waals surface area contributed by atoms with Crippen LogP contribution in [-0.4, -0.2) is 29.7 Å². The quantitative estimate of drug-likeness (QED) is 0.812. The van der Waals surface area contributed by atoms with Crippen molar-refractivity contribution in [2.24, 2.45) is 0 Å². The fourth-order valence-electron chi connectivity index (χ4n) is 2.14. The molecule has 122 valence electrons. The molecule has 0 radical (unpaired) electrons. The zero-order valence-electron chi connectivity index (χ0n) is 13.2. The third-order valence-electron chi connectivity index (χ3n) is 3.36. The summed E-state index contributed by atoms with van der Waals surface area (Å²) in [5, 5.41) is 0. The maximum atomic E-state index is 12.7. The van der Waals surface area contributed by atoms with Gasteiger partial charge in [-0.25, -0.2) is 8.42 Å². The number of methoxy groups -OCH3 is 3. The topological polar surface area (TPSA) is 61.8 Å². The lowest BCUT2D eigenvalue weighted by molar-refractivity contribution is 0.324. The van der Waals surface area contributed by atoms with Crippen molar-refractivity contribution in [2.45, 2.75) is 4.90 Å². The molecule has 0 aliphatic heterocycles. The predicted octanol–water partition coefficient (Wildman–Crippen LogP) is 3.16. The van der Waals surface area contributed by atoms with Crippen LogP contribution in [0.4, 0.5) is 0 Å². The van der Waals surface area contributed by atoms with Crippen molar-refractivity contribution in [2.75, 3.05) is 21.3 Å². The number of sulfone groups is 1. The van der Waals surface area contributed by atoms with E-state index in [9.17, 15) is 8.42 Å². The molecule has 0 saturated heterocycles. The van der Waals surface area contributed by atoms with Gasteiger partial charge in [0.05, 0.1) is 31.1 Å². The molecule has 6 heteroatoms. The van der Waals surface area contributed by atoms with E-state index in [4.69, 9.17) is 14.2 Å². The molecular weight excluding hydrogens is 316 g/mol. The Labute approximate surface area is 136 Å². The maximum absolute atomic E-state index is 12.7. The van der Waals surface area contributed by atoms with E-state index in [1.54, 1.807) is 30.3 Å². The Morgan fingerprint density at radius 2 is 1.43 bits per heavy atom. The highest BCUT2D eigenvalue weighted by Crippen LogP contribution is 2.41. The van der Waals surface area contributed by atoms with Gasteiger partial charge in [0.25, 0.3) is 0 Å². The van der Waals surface area contributed by atoms with Crippen molar-refractivity contribution in [1.29, 1.82) is 0 Å². The van der Waals surface area contributed by atoms with E-state index in [2.05, 4.69) is 6.58 Å². The molecule has 0 heterocycles. The summed E-state index contributed by atoms with van der Waals surface area (Å²) in [7, 11) is 0.709. The SMILES string of the molecule is C=C(c1cc(OC)c(OC)c(OC)c1)S(=O)(=O)c1ccccc1. The van der Waals surface area contributed by atoms with Crippen molar-refractivity contribution < 1.29 is 22.6 Å². The third-order valence-corrected chi connectivity index (χ3v) is 5.14. The Morgan fingerprint density at radius 1 is 0.913 bits per heavy atom. The molecule has 0 unspecified atom stereocenters. The summed E-state index contributed by atoms with van der Waals surface area (Å²) in [5.41, 5.74) is 0.378. The molecule has 23 heavy (non-hydrogen) atoms. The van der Waals surface area contributed by atoms with E-state index in [1.165, 1.54) is 33.5 Å². The molecule has 0 aromatic heterocycles. The minimum absolute atomic E-state index is 0.0389. The summed E-state index contributed by atoms with van der Waals surface area (Å²) < 4.78 is 41.1. The Kier molecular flexibility index (Phi) is 4.95. The third kappa shape index (κ3) is 3.17. The summed E-state index contributed by atoms with van der Waals surface area (Å²) >= 11 is 0. The van der Waals surface area contributed by atoms with Crippen LogP contribution in [0.25, 0.3) is 4.91 Å². The van der Waals surface area contributed by atoms with Crippen molar-refractivity contribution in [3.8, 4) is 17.2 Å². The molecule has 5 nitrogen and oxygen atoms in total. The summed E-state index contributed by atoms with van der Waals surface area (Å²) in [6, 6.07) is 11.2. The monoisotopic (exact) mass is 334 g/mol. The number of hydrogen-bond donors (Lipinski definition) is 0.